The molecule has 0 aromatic carbocycles. The number of sulfone groups is 1. The molecule has 3 aliphatic carbocycles. The van der Waals surface area contributed by atoms with Crippen LogP contribution in [0.5, 0.6) is 0 Å². The van der Waals surface area contributed by atoms with Crippen molar-refractivity contribution < 1.29 is 17.9 Å². The van der Waals surface area contributed by atoms with Gasteiger partial charge in [-0.1, -0.05) is 6.42 Å². The largest absolute Gasteiger partial charge is 0.462 e. The molecule has 3 saturated carbocycles. The predicted molar refractivity (Wildman–Crippen MR) is 86.6 cm³/mol. The highest BCUT2D eigenvalue weighted by Crippen LogP contribution is 2.59. The number of esters is 1. The summed E-state index contributed by atoms with van der Waals surface area (Å²) >= 11 is 0. The molecule has 4 fully saturated rings. The van der Waals surface area contributed by atoms with Gasteiger partial charge in [-0.25, -0.2) is 8.42 Å². The highest BCUT2D eigenvalue weighted by Gasteiger charge is 2.55. The smallest absolute Gasteiger partial charge is 0.307 e. The van der Waals surface area contributed by atoms with Crippen LogP contribution in [0.1, 0.15) is 38.5 Å². The number of hydrogen-bond acceptors (Lipinski definition) is 5. The first kappa shape index (κ1) is 15.9. The maximum atomic E-state index is 12.2. The maximum absolute atomic E-state index is 12.2. The fourth-order valence-corrected chi connectivity index (χ4v) is 6.87. The molecule has 1 saturated heterocycles. The topological polar surface area (TPSA) is 63.7 Å². The second-order valence-electron chi connectivity index (χ2n) is 7.93. The van der Waals surface area contributed by atoms with Gasteiger partial charge in [0.1, 0.15) is 6.10 Å². The SMILES string of the molecule is O=C(CCN1CCS(=O)(=O)CC1)OC1CC2CC1C1CCCC21. The summed E-state index contributed by atoms with van der Waals surface area (Å²) in [6, 6.07) is 0. The standard InChI is InChI=1S/C17H27NO4S/c19-17(4-5-18-6-8-23(20,21)9-7-18)22-16-11-12-10-15(16)14-3-1-2-13(12)14/h12-16H,1-11H2. The molecule has 0 amide bonds. The van der Waals surface area contributed by atoms with Crippen LogP contribution in [-0.2, 0) is 19.4 Å². The Hall–Kier alpha value is -0.620. The first-order valence-electron chi connectivity index (χ1n) is 9.14. The van der Waals surface area contributed by atoms with Gasteiger partial charge in [-0.3, -0.25) is 4.79 Å². The molecule has 0 radical (unpaired) electrons. The minimum Gasteiger partial charge on any atom is -0.462 e. The third kappa shape index (κ3) is 3.16. The first-order valence-corrected chi connectivity index (χ1v) is 11.0. The Balaban J connectivity index is 1.22. The summed E-state index contributed by atoms with van der Waals surface area (Å²) < 4.78 is 28.6. The zero-order chi connectivity index (χ0) is 16.0. The van der Waals surface area contributed by atoms with Crippen molar-refractivity contribution in [2.24, 2.45) is 23.7 Å². The average Bonchev–Trinajstić information content (AvgIpc) is 3.18. The van der Waals surface area contributed by atoms with Crippen molar-refractivity contribution in [2.45, 2.75) is 44.6 Å². The van der Waals surface area contributed by atoms with Gasteiger partial charge in [0.25, 0.3) is 0 Å². The lowest BCUT2D eigenvalue weighted by molar-refractivity contribution is -0.153. The summed E-state index contributed by atoms with van der Waals surface area (Å²) in [7, 11) is -2.84. The molecule has 0 aromatic rings. The van der Waals surface area contributed by atoms with Crippen LogP contribution in [0.25, 0.3) is 0 Å². The number of hydrogen-bond donors (Lipinski definition) is 0. The Morgan fingerprint density at radius 3 is 2.57 bits per heavy atom. The summed E-state index contributed by atoms with van der Waals surface area (Å²) in [5.74, 6) is 3.51. The molecule has 5 nitrogen and oxygen atoms in total. The van der Waals surface area contributed by atoms with Crippen LogP contribution in [0.15, 0.2) is 0 Å². The molecule has 0 spiro atoms. The Morgan fingerprint density at radius 2 is 1.78 bits per heavy atom. The van der Waals surface area contributed by atoms with Crippen LogP contribution in [0.3, 0.4) is 0 Å². The zero-order valence-corrected chi connectivity index (χ0v) is 14.5. The van der Waals surface area contributed by atoms with Crippen LogP contribution in [-0.4, -0.2) is 56.5 Å². The molecule has 1 aliphatic heterocycles. The van der Waals surface area contributed by atoms with E-state index in [1.54, 1.807) is 0 Å². The molecule has 0 aromatic heterocycles. The van der Waals surface area contributed by atoms with E-state index in [0.29, 0.717) is 32.0 Å². The molecule has 6 heteroatoms. The fraction of sp³-hybridized carbons (Fsp3) is 0.941. The molecule has 5 atom stereocenters. The highest BCUT2D eigenvalue weighted by atomic mass is 32.2. The van der Waals surface area contributed by atoms with Crippen LogP contribution >= 0.6 is 0 Å². The van der Waals surface area contributed by atoms with Gasteiger partial charge < -0.3 is 9.64 Å². The van der Waals surface area contributed by atoms with Gasteiger partial charge >= 0.3 is 5.97 Å². The van der Waals surface area contributed by atoms with Gasteiger partial charge in [0, 0.05) is 19.6 Å². The molecule has 23 heavy (non-hydrogen) atoms. The number of nitrogens with zero attached hydrogens (tertiary/aromatic N) is 1. The van der Waals surface area contributed by atoms with Gasteiger partial charge in [-0.15, -0.1) is 0 Å². The van der Waals surface area contributed by atoms with E-state index >= 15 is 0 Å². The molecular formula is C17H27NO4S. The second-order valence-corrected chi connectivity index (χ2v) is 10.2. The number of carbonyl (C=O) groups excluding carboxylic acids is 1. The molecule has 4 rings (SSSR count). The molecule has 0 N–H and O–H groups in total. The van der Waals surface area contributed by atoms with E-state index in [1.165, 1.54) is 25.7 Å². The van der Waals surface area contributed by atoms with Crippen molar-refractivity contribution in [3.05, 3.63) is 0 Å². The summed E-state index contributed by atoms with van der Waals surface area (Å²) in [4.78, 5) is 14.2. The molecular weight excluding hydrogens is 314 g/mol. The lowest BCUT2D eigenvalue weighted by Gasteiger charge is -2.31. The maximum Gasteiger partial charge on any atom is 0.307 e. The van der Waals surface area contributed by atoms with Gasteiger partial charge in [0.05, 0.1) is 17.9 Å². The number of ether oxygens (including phenoxy) is 1. The number of fused-ring (bicyclic) bond motifs is 5. The lowest BCUT2D eigenvalue weighted by Crippen LogP contribution is -2.41. The Labute approximate surface area is 138 Å². The molecule has 2 bridgehead atoms. The highest BCUT2D eigenvalue weighted by molar-refractivity contribution is 7.91. The number of rotatable bonds is 4. The summed E-state index contributed by atoms with van der Waals surface area (Å²) in [6.07, 6.45) is 7.00. The van der Waals surface area contributed by atoms with Crippen LogP contribution in [0.2, 0.25) is 0 Å². The third-order valence-electron chi connectivity index (χ3n) is 6.72. The zero-order valence-electron chi connectivity index (χ0n) is 13.7. The fourth-order valence-electron chi connectivity index (χ4n) is 5.59. The lowest BCUT2D eigenvalue weighted by atomic mass is 9.80. The van der Waals surface area contributed by atoms with E-state index in [9.17, 15) is 13.2 Å². The van der Waals surface area contributed by atoms with Crippen molar-refractivity contribution in [3.8, 4) is 0 Å². The average molecular weight is 341 g/mol. The normalized spacial score (nSPS) is 41.8. The first-order chi connectivity index (χ1) is 11.0. The van der Waals surface area contributed by atoms with Crippen molar-refractivity contribution in [1.29, 1.82) is 0 Å². The van der Waals surface area contributed by atoms with E-state index in [-0.39, 0.29) is 23.6 Å². The van der Waals surface area contributed by atoms with E-state index in [2.05, 4.69) is 4.90 Å². The van der Waals surface area contributed by atoms with Crippen molar-refractivity contribution in [2.75, 3.05) is 31.1 Å². The summed E-state index contributed by atoms with van der Waals surface area (Å²) in [5.41, 5.74) is 0. The van der Waals surface area contributed by atoms with E-state index in [1.807, 2.05) is 0 Å². The van der Waals surface area contributed by atoms with E-state index < -0.39 is 9.84 Å². The monoisotopic (exact) mass is 341 g/mol. The van der Waals surface area contributed by atoms with Crippen molar-refractivity contribution in [1.82, 2.24) is 4.90 Å². The third-order valence-corrected chi connectivity index (χ3v) is 8.33. The summed E-state index contributed by atoms with van der Waals surface area (Å²) in [6.45, 7) is 1.72. The predicted octanol–water partition coefficient (Wildman–Crippen LogP) is 1.47. The van der Waals surface area contributed by atoms with Gasteiger partial charge in [-0.05, 0) is 49.4 Å². The van der Waals surface area contributed by atoms with Gasteiger partial charge in [0.2, 0.25) is 0 Å². The van der Waals surface area contributed by atoms with E-state index in [0.717, 1.165) is 24.2 Å². The second kappa shape index (κ2) is 6.03. The molecule has 130 valence electrons. The Kier molecular flexibility index (Phi) is 4.16. The van der Waals surface area contributed by atoms with Crippen LogP contribution < -0.4 is 0 Å². The molecule has 4 aliphatic rings. The van der Waals surface area contributed by atoms with E-state index in [4.69, 9.17) is 4.74 Å². The Bertz CT molecular complexity index is 561. The van der Waals surface area contributed by atoms with Gasteiger partial charge in [0.15, 0.2) is 9.84 Å². The minimum atomic E-state index is -2.84. The van der Waals surface area contributed by atoms with Crippen LogP contribution in [0.4, 0.5) is 0 Å². The molecule has 1 heterocycles. The minimum absolute atomic E-state index is 0.0921. The van der Waals surface area contributed by atoms with Crippen molar-refractivity contribution in [3.63, 3.8) is 0 Å². The molecule has 5 unspecified atom stereocenters. The number of carbonyl (C=O) groups is 1. The van der Waals surface area contributed by atoms with Crippen molar-refractivity contribution >= 4 is 15.8 Å². The van der Waals surface area contributed by atoms with Gasteiger partial charge in [-0.2, -0.15) is 0 Å². The van der Waals surface area contributed by atoms with Crippen LogP contribution in [0, 0.1) is 23.7 Å². The summed E-state index contributed by atoms with van der Waals surface area (Å²) in [5, 5.41) is 0. The quantitative estimate of drug-likeness (QED) is 0.725. The Morgan fingerprint density at radius 1 is 1.04 bits per heavy atom.